The molecule has 2 rings (SSSR count). The number of hydrogen-bond acceptors (Lipinski definition) is 3. The zero-order valence-corrected chi connectivity index (χ0v) is 10.9. The fourth-order valence-electron chi connectivity index (χ4n) is 1.51. The molecule has 1 amide bonds. The van der Waals surface area contributed by atoms with Gasteiger partial charge in [-0.05, 0) is 31.2 Å². The van der Waals surface area contributed by atoms with Crippen molar-refractivity contribution in [3.8, 4) is 0 Å². The molecule has 5 heteroatoms. The molecule has 90 valence electrons. The summed E-state index contributed by atoms with van der Waals surface area (Å²) in [4.78, 5) is 12.9. The monoisotopic (exact) mass is 260 g/mol. The molecule has 16 heavy (non-hydrogen) atoms. The minimum Gasteiger partial charge on any atom is -0.352 e. The number of carbonyl (C=O) groups excluding carboxylic acids is 1. The van der Waals surface area contributed by atoms with Crippen LogP contribution in [-0.4, -0.2) is 17.5 Å². The Kier molecular flexibility index (Phi) is 4.35. The number of carbonyl (C=O) groups is 1. The van der Waals surface area contributed by atoms with E-state index in [0.717, 1.165) is 19.3 Å². The molecule has 1 heterocycles. The van der Waals surface area contributed by atoms with E-state index in [9.17, 15) is 4.79 Å². The molecule has 3 N–H and O–H groups in total. The minimum atomic E-state index is -0.552. The van der Waals surface area contributed by atoms with Crippen molar-refractivity contribution in [1.29, 1.82) is 0 Å². The third-order valence-electron chi connectivity index (χ3n) is 2.71. The second-order valence-corrected chi connectivity index (χ2v) is 5.35. The van der Waals surface area contributed by atoms with Crippen LogP contribution in [0.15, 0.2) is 17.5 Å². The van der Waals surface area contributed by atoms with Crippen LogP contribution < -0.4 is 11.1 Å². The maximum atomic E-state index is 11.6. The Morgan fingerprint density at radius 3 is 2.88 bits per heavy atom. The summed E-state index contributed by atoms with van der Waals surface area (Å²) in [5.41, 5.74) is 5.25. The van der Waals surface area contributed by atoms with Crippen LogP contribution in [0.25, 0.3) is 0 Å². The van der Waals surface area contributed by atoms with Crippen LogP contribution in [0.2, 0.25) is 0 Å². The Morgan fingerprint density at radius 1 is 1.69 bits per heavy atom. The maximum Gasteiger partial charge on any atom is 0.240 e. The van der Waals surface area contributed by atoms with Crippen molar-refractivity contribution in [1.82, 2.24) is 5.32 Å². The predicted molar refractivity (Wildman–Crippen MR) is 69.0 cm³/mol. The number of thiophene rings is 1. The van der Waals surface area contributed by atoms with E-state index in [1.165, 1.54) is 4.88 Å². The van der Waals surface area contributed by atoms with Crippen LogP contribution in [0.4, 0.5) is 0 Å². The van der Waals surface area contributed by atoms with E-state index < -0.39 is 5.54 Å². The highest BCUT2D eigenvalue weighted by Gasteiger charge is 2.46. The van der Waals surface area contributed by atoms with E-state index >= 15 is 0 Å². The van der Waals surface area contributed by atoms with Crippen molar-refractivity contribution in [2.24, 2.45) is 5.73 Å². The van der Waals surface area contributed by atoms with E-state index in [0.29, 0.717) is 0 Å². The average Bonchev–Trinajstić information content (AvgIpc) is 2.74. The van der Waals surface area contributed by atoms with Crippen LogP contribution in [0, 0.1) is 0 Å². The fraction of sp³-hybridized carbons (Fsp3) is 0.545. The van der Waals surface area contributed by atoms with E-state index in [-0.39, 0.29) is 24.4 Å². The van der Waals surface area contributed by atoms with Crippen molar-refractivity contribution >= 4 is 29.7 Å². The lowest BCUT2D eigenvalue weighted by molar-refractivity contribution is -0.123. The first-order valence-electron chi connectivity index (χ1n) is 5.22. The molecular weight excluding hydrogens is 244 g/mol. The summed E-state index contributed by atoms with van der Waals surface area (Å²) >= 11 is 1.72. The molecule has 0 bridgehead atoms. The maximum absolute atomic E-state index is 11.6. The van der Waals surface area contributed by atoms with Gasteiger partial charge >= 0.3 is 0 Å². The van der Waals surface area contributed by atoms with E-state index in [1.807, 2.05) is 13.0 Å². The van der Waals surface area contributed by atoms with Crippen LogP contribution in [0.1, 0.15) is 24.6 Å². The molecule has 1 aliphatic rings. The Balaban J connectivity index is 0.00000128. The number of amides is 1. The van der Waals surface area contributed by atoms with Gasteiger partial charge in [-0.1, -0.05) is 6.07 Å². The van der Waals surface area contributed by atoms with Crippen LogP contribution in [-0.2, 0) is 11.2 Å². The second-order valence-electron chi connectivity index (χ2n) is 4.31. The third-order valence-corrected chi connectivity index (χ3v) is 3.60. The van der Waals surface area contributed by atoms with Crippen molar-refractivity contribution < 1.29 is 4.79 Å². The summed E-state index contributed by atoms with van der Waals surface area (Å²) in [5, 5.41) is 5.01. The third kappa shape index (κ3) is 3.20. The highest BCUT2D eigenvalue weighted by molar-refractivity contribution is 7.09. The van der Waals surface area contributed by atoms with Crippen molar-refractivity contribution in [2.75, 3.05) is 0 Å². The quantitative estimate of drug-likeness (QED) is 0.866. The zero-order chi connectivity index (χ0) is 10.9. The molecule has 1 aromatic heterocycles. The Bertz CT molecular complexity index is 349. The highest BCUT2D eigenvalue weighted by Crippen LogP contribution is 2.32. The van der Waals surface area contributed by atoms with Gasteiger partial charge in [-0.15, -0.1) is 23.7 Å². The van der Waals surface area contributed by atoms with Gasteiger partial charge in [0.2, 0.25) is 5.91 Å². The highest BCUT2D eigenvalue weighted by atomic mass is 35.5. The zero-order valence-electron chi connectivity index (χ0n) is 9.23. The van der Waals surface area contributed by atoms with E-state index in [1.54, 1.807) is 11.3 Å². The molecule has 0 radical (unpaired) electrons. The molecule has 1 atom stereocenters. The number of hydrogen-bond donors (Lipinski definition) is 2. The van der Waals surface area contributed by atoms with Crippen LogP contribution >= 0.6 is 23.7 Å². The van der Waals surface area contributed by atoms with Gasteiger partial charge in [0.15, 0.2) is 0 Å². The molecule has 1 aromatic rings. The molecule has 0 aromatic carbocycles. The largest absolute Gasteiger partial charge is 0.352 e. The van der Waals surface area contributed by atoms with Crippen molar-refractivity contribution in [3.63, 3.8) is 0 Å². The second kappa shape index (κ2) is 5.17. The van der Waals surface area contributed by atoms with Crippen LogP contribution in [0.3, 0.4) is 0 Å². The summed E-state index contributed by atoms with van der Waals surface area (Å²) in [6.07, 6.45) is 2.54. The topological polar surface area (TPSA) is 55.1 Å². The molecule has 0 saturated heterocycles. The summed E-state index contributed by atoms with van der Waals surface area (Å²) < 4.78 is 0. The molecule has 1 fully saturated rings. The Hall–Kier alpha value is -0.580. The molecule has 0 spiro atoms. The number of nitrogens with two attached hydrogens (primary N) is 1. The molecule has 1 aliphatic carbocycles. The normalized spacial score (nSPS) is 18.4. The summed E-state index contributed by atoms with van der Waals surface area (Å²) in [5.74, 6) is 0.00607. The lowest BCUT2D eigenvalue weighted by Gasteiger charge is -2.16. The van der Waals surface area contributed by atoms with Gasteiger partial charge in [0, 0.05) is 17.3 Å². The summed E-state index contributed by atoms with van der Waals surface area (Å²) in [6, 6.07) is 4.28. The first-order valence-corrected chi connectivity index (χ1v) is 6.10. The summed E-state index contributed by atoms with van der Waals surface area (Å²) in [7, 11) is 0. The van der Waals surface area contributed by atoms with E-state index in [2.05, 4.69) is 16.8 Å². The van der Waals surface area contributed by atoms with E-state index in [4.69, 9.17) is 5.73 Å². The Labute approximate surface area is 106 Å². The number of nitrogens with one attached hydrogen (secondary N) is 1. The molecular formula is C11H17ClN2OS. The minimum absolute atomic E-state index is 0. The van der Waals surface area contributed by atoms with Gasteiger partial charge in [-0.2, -0.15) is 0 Å². The van der Waals surface area contributed by atoms with Gasteiger partial charge in [0.25, 0.3) is 0 Å². The van der Waals surface area contributed by atoms with Gasteiger partial charge in [0.05, 0.1) is 5.54 Å². The molecule has 3 nitrogen and oxygen atoms in total. The first-order chi connectivity index (χ1) is 7.10. The van der Waals surface area contributed by atoms with Gasteiger partial charge in [-0.25, -0.2) is 0 Å². The average molecular weight is 261 g/mol. The first kappa shape index (κ1) is 13.5. The summed E-state index contributed by atoms with van der Waals surface area (Å²) in [6.45, 7) is 2.02. The molecule has 1 saturated carbocycles. The molecule has 1 unspecified atom stereocenters. The SMILES string of the molecule is CC(Cc1cccs1)NC(=O)C1(N)CC1.Cl. The van der Waals surface area contributed by atoms with Gasteiger partial charge < -0.3 is 11.1 Å². The molecule has 0 aliphatic heterocycles. The fourth-order valence-corrected chi connectivity index (χ4v) is 2.35. The number of halogens is 1. The van der Waals surface area contributed by atoms with Crippen LogP contribution in [0.5, 0.6) is 0 Å². The van der Waals surface area contributed by atoms with Crippen molar-refractivity contribution in [3.05, 3.63) is 22.4 Å². The lowest BCUT2D eigenvalue weighted by Crippen LogP contribution is -2.46. The Morgan fingerprint density at radius 2 is 2.38 bits per heavy atom. The van der Waals surface area contributed by atoms with Gasteiger partial charge in [-0.3, -0.25) is 4.79 Å². The number of rotatable bonds is 4. The predicted octanol–water partition coefficient (Wildman–Crippen LogP) is 1.71. The van der Waals surface area contributed by atoms with Gasteiger partial charge in [0.1, 0.15) is 0 Å². The lowest BCUT2D eigenvalue weighted by atomic mass is 10.2. The standard InChI is InChI=1S/C11H16N2OS.ClH/c1-8(7-9-3-2-6-15-9)13-10(14)11(12)4-5-11;/h2-3,6,8H,4-5,7,12H2,1H3,(H,13,14);1H. The van der Waals surface area contributed by atoms with Crippen molar-refractivity contribution in [2.45, 2.75) is 37.8 Å². The smallest absolute Gasteiger partial charge is 0.240 e.